The van der Waals surface area contributed by atoms with E-state index in [0.29, 0.717) is 13.2 Å². The lowest BCUT2D eigenvalue weighted by Gasteiger charge is -2.35. The van der Waals surface area contributed by atoms with Crippen molar-refractivity contribution in [1.82, 2.24) is 14.9 Å². The van der Waals surface area contributed by atoms with E-state index in [-0.39, 0.29) is 46.6 Å². The van der Waals surface area contributed by atoms with Gasteiger partial charge in [0, 0.05) is 44.8 Å². The minimum atomic E-state index is -3.14. The van der Waals surface area contributed by atoms with Gasteiger partial charge in [0.15, 0.2) is 0 Å². The third-order valence-electron chi connectivity index (χ3n) is 5.59. The maximum Gasteiger partial charge on any atom is 0.209 e. The van der Waals surface area contributed by atoms with E-state index in [0.717, 1.165) is 45.6 Å². The Morgan fingerprint density at radius 2 is 1.74 bits per heavy atom. The van der Waals surface area contributed by atoms with Crippen LogP contribution in [0, 0.1) is 0 Å². The van der Waals surface area contributed by atoms with E-state index in [1.807, 2.05) is 6.92 Å². The SMILES string of the molecule is C.C.C.CCC(N)C1CN(Cc2ccccc2)CCO1.CCC(NS(C)(=O)=O)C1CNCCO1. The first-order valence-corrected chi connectivity index (χ1v) is 13.1. The summed E-state index contributed by atoms with van der Waals surface area (Å²) < 4.78 is 35.9. The molecule has 9 heteroatoms. The first-order chi connectivity index (χ1) is 14.8. The Hall–Kier alpha value is -1.07. The van der Waals surface area contributed by atoms with Gasteiger partial charge in [0.05, 0.1) is 31.7 Å². The zero-order chi connectivity index (χ0) is 22.7. The van der Waals surface area contributed by atoms with Gasteiger partial charge in [-0.05, 0) is 18.4 Å². The number of nitrogens with zero attached hydrogens (tertiary/aromatic N) is 1. The van der Waals surface area contributed by atoms with E-state index in [1.165, 1.54) is 11.8 Å². The Balaban J connectivity index is 0. The van der Waals surface area contributed by atoms with Gasteiger partial charge in [0.2, 0.25) is 10.0 Å². The molecule has 0 amide bonds. The van der Waals surface area contributed by atoms with Gasteiger partial charge < -0.3 is 20.5 Å². The highest BCUT2D eigenvalue weighted by atomic mass is 32.2. The second-order valence-corrected chi connectivity index (χ2v) is 10.0. The molecule has 2 aliphatic rings. The first-order valence-electron chi connectivity index (χ1n) is 11.3. The molecular formula is C25H52N4O4S. The fraction of sp³-hybridized carbons (Fsp3) is 0.760. The Kier molecular flexibility index (Phi) is 18.8. The summed E-state index contributed by atoms with van der Waals surface area (Å²) in [6.07, 6.45) is 3.02. The quantitative estimate of drug-likeness (QED) is 0.500. The molecule has 2 aliphatic heterocycles. The molecule has 0 saturated carbocycles. The van der Waals surface area contributed by atoms with Crippen LogP contribution in [0.1, 0.15) is 54.5 Å². The lowest BCUT2D eigenvalue weighted by atomic mass is 10.1. The lowest BCUT2D eigenvalue weighted by Crippen LogP contribution is -2.51. The predicted octanol–water partition coefficient (Wildman–Crippen LogP) is 2.84. The second kappa shape index (κ2) is 18.2. The van der Waals surface area contributed by atoms with Crippen molar-refractivity contribution in [1.29, 1.82) is 0 Å². The van der Waals surface area contributed by atoms with Gasteiger partial charge in [-0.2, -0.15) is 0 Å². The van der Waals surface area contributed by atoms with Crippen LogP contribution >= 0.6 is 0 Å². The third-order valence-corrected chi connectivity index (χ3v) is 6.32. The van der Waals surface area contributed by atoms with Crippen molar-refractivity contribution in [3.63, 3.8) is 0 Å². The number of rotatable bonds is 8. The van der Waals surface area contributed by atoms with Gasteiger partial charge >= 0.3 is 0 Å². The summed E-state index contributed by atoms with van der Waals surface area (Å²) in [5.41, 5.74) is 7.41. The fourth-order valence-electron chi connectivity index (χ4n) is 3.78. The third kappa shape index (κ3) is 13.1. The number of nitrogens with two attached hydrogens (primary N) is 1. The molecule has 2 fully saturated rings. The number of sulfonamides is 1. The molecular weight excluding hydrogens is 452 g/mol. The highest BCUT2D eigenvalue weighted by Gasteiger charge is 2.25. The van der Waals surface area contributed by atoms with Crippen molar-refractivity contribution in [2.45, 2.75) is 79.8 Å². The summed E-state index contributed by atoms with van der Waals surface area (Å²) >= 11 is 0. The number of hydrogen-bond donors (Lipinski definition) is 3. The maximum absolute atomic E-state index is 11.1. The van der Waals surface area contributed by atoms with E-state index in [2.05, 4.69) is 52.2 Å². The van der Waals surface area contributed by atoms with Crippen molar-refractivity contribution in [2.75, 3.05) is 45.6 Å². The summed E-state index contributed by atoms with van der Waals surface area (Å²) in [5, 5.41) is 3.18. The molecule has 0 aliphatic carbocycles. The molecule has 8 nitrogen and oxygen atoms in total. The molecule has 4 N–H and O–H groups in total. The predicted molar refractivity (Wildman–Crippen MR) is 145 cm³/mol. The Morgan fingerprint density at radius 1 is 1.09 bits per heavy atom. The van der Waals surface area contributed by atoms with Crippen LogP contribution in [-0.4, -0.2) is 83.3 Å². The average Bonchev–Trinajstić information content (AvgIpc) is 2.78. The smallest absolute Gasteiger partial charge is 0.209 e. The molecule has 0 bridgehead atoms. The van der Waals surface area contributed by atoms with Gasteiger partial charge in [0.25, 0.3) is 0 Å². The molecule has 3 rings (SSSR count). The number of morpholine rings is 2. The number of hydrogen-bond acceptors (Lipinski definition) is 7. The normalized spacial score (nSPS) is 22.5. The van der Waals surface area contributed by atoms with Crippen molar-refractivity contribution < 1.29 is 17.9 Å². The highest BCUT2D eigenvalue weighted by molar-refractivity contribution is 7.88. The lowest BCUT2D eigenvalue weighted by molar-refractivity contribution is -0.0434. The van der Waals surface area contributed by atoms with Crippen LogP contribution in [0.4, 0.5) is 0 Å². The zero-order valence-electron chi connectivity index (χ0n) is 19.1. The van der Waals surface area contributed by atoms with E-state index in [9.17, 15) is 8.42 Å². The van der Waals surface area contributed by atoms with Crippen molar-refractivity contribution in [2.24, 2.45) is 5.73 Å². The average molecular weight is 505 g/mol. The van der Waals surface area contributed by atoms with Gasteiger partial charge in [-0.15, -0.1) is 0 Å². The molecule has 4 unspecified atom stereocenters. The molecule has 202 valence electrons. The summed E-state index contributed by atoms with van der Waals surface area (Å²) in [6, 6.07) is 10.6. The number of nitrogens with one attached hydrogen (secondary N) is 2. The van der Waals surface area contributed by atoms with Crippen molar-refractivity contribution >= 4 is 10.0 Å². The zero-order valence-corrected chi connectivity index (χ0v) is 19.9. The maximum atomic E-state index is 11.1. The number of benzene rings is 1. The summed E-state index contributed by atoms with van der Waals surface area (Å²) in [4.78, 5) is 2.43. The molecule has 34 heavy (non-hydrogen) atoms. The van der Waals surface area contributed by atoms with Crippen molar-refractivity contribution in [3.05, 3.63) is 35.9 Å². The van der Waals surface area contributed by atoms with Crippen LogP contribution in [0.5, 0.6) is 0 Å². The van der Waals surface area contributed by atoms with Crippen LogP contribution in [0.25, 0.3) is 0 Å². The van der Waals surface area contributed by atoms with Gasteiger partial charge in [-0.25, -0.2) is 13.1 Å². The van der Waals surface area contributed by atoms with Gasteiger partial charge in [0.1, 0.15) is 0 Å². The Bertz CT molecular complexity index is 715. The second-order valence-electron chi connectivity index (χ2n) is 8.22. The van der Waals surface area contributed by atoms with E-state index in [4.69, 9.17) is 15.2 Å². The Morgan fingerprint density at radius 3 is 2.26 bits per heavy atom. The molecule has 1 aromatic carbocycles. The van der Waals surface area contributed by atoms with Crippen molar-refractivity contribution in [3.8, 4) is 0 Å². The largest absolute Gasteiger partial charge is 0.374 e. The fourth-order valence-corrected chi connectivity index (χ4v) is 4.65. The molecule has 0 spiro atoms. The highest BCUT2D eigenvalue weighted by Crippen LogP contribution is 2.13. The summed E-state index contributed by atoms with van der Waals surface area (Å²) in [7, 11) is -3.14. The molecule has 0 radical (unpaired) electrons. The standard InChI is InChI=1S/C14H22N2O.C8H18N2O3S.3CH4/c1-2-13(15)14-11-16(8-9-17-14)10-12-6-4-3-5-7-12;1-3-7(10-14(2,11)12)8-6-9-4-5-13-8;;;/h3-7,13-14H,2,8-11,15H2,1H3;7-10H,3-6H2,1-2H3;3*1H4. The van der Waals surface area contributed by atoms with E-state index in [1.54, 1.807) is 0 Å². The van der Waals surface area contributed by atoms with Crippen LogP contribution < -0.4 is 15.8 Å². The van der Waals surface area contributed by atoms with Crippen LogP contribution in [0.2, 0.25) is 0 Å². The van der Waals surface area contributed by atoms with Gasteiger partial charge in [-0.3, -0.25) is 4.90 Å². The van der Waals surface area contributed by atoms with E-state index >= 15 is 0 Å². The summed E-state index contributed by atoms with van der Waals surface area (Å²) in [5.74, 6) is 0. The monoisotopic (exact) mass is 504 g/mol. The van der Waals surface area contributed by atoms with Gasteiger partial charge in [-0.1, -0.05) is 66.5 Å². The minimum Gasteiger partial charge on any atom is -0.374 e. The molecule has 2 heterocycles. The Labute approximate surface area is 210 Å². The number of ether oxygens (including phenoxy) is 2. The van der Waals surface area contributed by atoms with E-state index < -0.39 is 10.0 Å². The topological polar surface area (TPSA) is 106 Å². The first kappa shape index (κ1) is 35.1. The minimum absolute atomic E-state index is 0. The summed E-state index contributed by atoms with van der Waals surface area (Å²) in [6.45, 7) is 10.00. The molecule has 2 saturated heterocycles. The van der Waals surface area contributed by atoms with Crippen LogP contribution in [0.15, 0.2) is 30.3 Å². The molecule has 1 aromatic rings. The van der Waals surface area contributed by atoms with Crippen LogP contribution in [-0.2, 0) is 26.0 Å². The molecule has 0 aromatic heterocycles. The van der Waals surface area contributed by atoms with Crippen LogP contribution in [0.3, 0.4) is 0 Å². The molecule has 4 atom stereocenters.